The number of halogens is 4. The van der Waals surface area contributed by atoms with E-state index in [0.717, 1.165) is 15.1 Å². The highest BCUT2D eigenvalue weighted by Gasteiger charge is 2.45. The Kier molecular flexibility index (Phi) is 10.5. The first-order valence-electron chi connectivity index (χ1n) is 13.2. The molecule has 2 fully saturated rings. The molecule has 1 aromatic heterocycles. The summed E-state index contributed by atoms with van der Waals surface area (Å²) in [5.41, 5.74) is 1.90. The first-order chi connectivity index (χ1) is 20.2. The average molecular weight is 612 g/mol. The molecule has 0 radical (unpaired) electrons. The van der Waals surface area contributed by atoms with Gasteiger partial charge in [0.2, 0.25) is 0 Å². The number of thioether (sulfide) groups is 1. The molecule has 1 aliphatic carbocycles. The number of methoxy groups -OCH3 is 1. The zero-order chi connectivity index (χ0) is 30.3. The largest absolute Gasteiger partial charge is 0.495 e. The Morgan fingerprint density at radius 1 is 1.14 bits per heavy atom. The van der Waals surface area contributed by atoms with Crippen molar-refractivity contribution in [3.05, 3.63) is 48.2 Å². The Bertz CT molecular complexity index is 1420. The summed E-state index contributed by atoms with van der Waals surface area (Å²) >= 11 is 1.59. The second-order valence-corrected chi connectivity index (χ2v) is 10.7. The SMILES string of the molecule is COc1cc(SC)ccc1NCC#Cc1cc2c(NC3CCC4(CC3F)OCCO4)cccc2n1CC(F)(F)F.OO. The van der Waals surface area contributed by atoms with E-state index in [1.165, 1.54) is 0 Å². The van der Waals surface area contributed by atoms with Gasteiger partial charge in [-0.05, 0) is 55.0 Å². The van der Waals surface area contributed by atoms with Gasteiger partial charge in [0.05, 0.1) is 49.8 Å². The van der Waals surface area contributed by atoms with Crippen LogP contribution in [0.3, 0.4) is 0 Å². The van der Waals surface area contributed by atoms with Crippen molar-refractivity contribution >= 4 is 34.0 Å². The zero-order valence-corrected chi connectivity index (χ0v) is 23.9. The molecular formula is C29H33F4N3O5S. The summed E-state index contributed by atoms with van der Waals surface area (Å²) in [5, 5.41) is 19.0. The van der Waals surface area contributed by atoms with E-state index in [1.807, 2.05) is 24.5 Å². The van der Waals surface area contributed by atoms with Crippen LogP contribution in [0.1, 0.15) is 25.0 Å². The lowest BCUT2D eigenvalue weighted by atomic mass is 9.88. The molecule has 2 heterocycles. The molecule has 0 bridgehead atoms. The molecule has 13 heteroatoms. The summed E-state index contributed by atoms with van der Waals surface area (Å²) < 4.78 is 73.8. The fraction of sp³-hybridized carbons (Fsp3) is 0.448. The number of hydrogen-bond donors (Lipinski definition) is 4. The van der Waals surface area contributed by atoms with Gasteiger partial charge in [-0.2, -0.15) is 13.2 Å². The smallest absolute Gasteiger partial charge is 0.406 e. The highest BCUT2D eigenvalue weighted by molar-refractivity contribution is 7.98. The molecule has 5 rings (SSSR count). The minimum absolute atomic E-state index is 0.115. The topological polar surface area (TPSA) is 97.1 Å². The molecule has 2 aliphatic rings. The molecule has 2 unspecified atom stereocenters. The first kappa shape index (κ1) is 31.8. The third kappa shape index (κ3) is 7.43. The van der Waals surface area contributed by atoms with Crippen LogP contribution in [-0.2, 0) is 16.0 Å². The fourth-order valence-electron chi connectivity index (χ4n) is 5.30. The monoisotopic (exact) mass is 611 g/mol. The summed E-state index contributed by atoms with van der Waals surface area (Å²) in [4.78, 5) is 1.04. The van der Waals surface area contributed by atoms with Gasteiger partial charge in [0.1, 0.15) is 18.5 Å². The molecule has 2 aromatic carbocycles. The van der Waals surface area contributed by atoms with Gasteiger partial charge in [-0.1, -0.05) is 12.0 Å². The van der Waals surface area contributed by atoms with Crippen LogP contribution in [0.4, 0.5) is 28.9 Å². The molecule has 3 aromatic rings. The number of hydrogen-bond acceptors (Lipinski definition) is 8. The van der Waals surface area contributed by atoms with Gasteiger partial charge < -0.3 is 29.4 Å². The van der Waals surface area contributed by atoms with E-state index < -0.39 is 30.7 Å². The normalized spacial score (nSPS) is 19.5. The molecule has 228 valence electrons. The standard InChI is InChI=1S/C29H31F4N3O3S.H2O2/c1-37-27-16-20(40-2)8-9-25(27)34-12-4-5-19-15-21-23(6-3-7-26(21)36(19)18-29(31,32)33)35-24-10-11-28(17-22(24)30)38-13-14-39-28;1-2/h3,6-9,15-16,22,24,34-35H,10-14,17-18H2,1-2H3;1-2H. The Morgan fingerprint density at radius 2 is 1.90 bits per heavy atom. The van der Waals surface area contributed by atoms with Gasteiger partial charge in [0.25, 0.3) is 0 Å². The number of nitrogens with one attached hydrogen (secondary N) is 2. The summed E-state index contributed by atoms with van der Waals surface area (Å²) in [6, 6.07) is 11.9. The number of benzene rings is 2. The molecule has 1 aliphatic heterocycles. The van der Waals surface area contributed by atoms with Gasteiger partial charge >= 0.3 is 6.18 Å². The minimum atomic E-state index is -4.44. The number of alkyl halides is 4. The highest BCUT2D eigenvalue weighted by Crippen LogP contribution is 2.39. The minimum Gasteiger partial charge on any atom is -0.495 e. The first-order valence-corrected chi connectivity index (χ1v) is 14.4. The fourth-order valence-corrected chi connectivity index (χ4v) is 5.73. The lowest BCUT2D eigenvalue weighted by molar-refractivity contribution is -0.189. The van der Waals surface area contributed by atoms with Crippen LogP contribution in [0.5, 0.6) is 5.75 Å². The van der Waals surface area contributed by atoms with E-state index >= 15 is 4.39 Å². The molecule has 2 atom stereocenters. The van der Waals surface area contributed by atoms with Crippen LogP contribution < -0.4 is 15.4 Å². The van der Waals surface area contributed by atoms with Crippen LogP contribution in [0.15, 0.2) is 47.4 Å². The molecule has 1 saturated heterocycles. The van der Waals surface area contributed by atoms with Crippen molar-refractivity contribution in [1.82, 2.24) is 4.57 Å². The predicted octanol–water partition coefficient (Wildman–Crippen LogP) is 6.46. The van der Waals surface area contributed by atoms with Crippen molar-refractivity contribution in [2.24, 2.45) is 0 Å². The van der Waals surface area contributed by atoms with Crippen molar-refractivity contribution in [2.45, 2.75) is 54.9 Å². The van der Waals surface area contributed by atoms with Gasteiger partial charge in [-0.15, -0.1) is 11.8 Å². The molecular weight excluding hydrogens is 578 g/mol. The Labute approximate surface area is 245 Å². The number of nitrogens with zero attached hydrogens (tertiary/aromatic N) is 1. The zero-order valence-electron chi connectivity index (χ0n) is 23.1. The number of rotatable bonds is 7. The number of anilines is 2. The van der Waals surface area contributed by atoms with Crippen LogP contribution in [0.25, 0.3) is 10.9 Å². The highest BCUT2D eigenvalue weighted by atomic mass is 32.2. The Morgan fingerprint density at radius 3 is 2.57 bits per heavy atom. The molecule has 1 saturated carbocycles. The maximum atomic E-state index is 15.2. The van der Waals surface area contributed by atoms with E-state index in [0.29, 0.717) is 48.4 Å². The average Bonchev–Trinajstić information content (AvgIpc) is 3.57. The van der Waals surface area contributed by atoms with E-state index in [4.69, 9.17) is 24.7 Å². The van der Waals surface area contributed by atoms with Crippen molar-refractivity contribution in [3.63, 3.8) is 0 Å². The summed E-state index contributed by atoms with van der Waals surface area (Å²) in [6.07, 6.45) is -2.57. The second kappa shape index (κ2) is 13.9. The van der Waals surface area contributed by atoms with Crippen LogP contribution >= 0.6 is 11.8 Å². The Balaban J connectivity index is 0.00000198. The van der Waals surface area contributed by atoms with Crippen molar-refractivity contribution in [1.29, 1.82) is 0 Å². The molecule has 4 N–H and O–H groups in total. The third-order valence-electron chi connectivity index (χ3n) is 7.21. The number of fused-ring (bicyclic) bond motifs is 1. The Hall–Kier alpha value is -3.15. The summed E-state index contributed by atoms with van der Waals surface area (Å²) in [6.45, 7) is -0.0825. The maximum absolute atomic E-state index is 15.2. The summed E-state index contributed by atoms with van der Waals surface area (Å²) in [5.74, 6) is 5.62. The number of aromatic nitrogens is 1. The summed E-state index contributed by atoms with van der Waals surface area (Å²) in [7, 11) is 1.57. The maximum Gasteiger partial charge on any atom is 0.406 e. The third-order valence-corrected chi connectivity index (χ3v) is 7.93. The molecule has 1 spiro atoms. The predicted molar refractivity (Wildman–Crippen MR) is 154 cm³/mol. The lowest BCUT2D eigenvalue weighted by Crippen LogP contribution is -2.46. The van der Waals surface area contributed by atoms with Gasteiger partial charge in [-0.3, -0.25) is 10.5 Å². The van der Waals surface area contributed by atoms with E-state index in [-0.39, 0.29) is 18.7 Å². The number of ether oxygens (including phenoxy) is 3. The molecule has 0 amide bonds. The molecule has 42 heavy (non-hydrogen) atoms. The van der Waals surface area contributed by atoms with Crippen LogP contribution in [0.2, 0.25) is 0 Å². The second-order valence-electron chi connectivity index (χ2n) is 9.81. The van der Waals surface area contributed by atoms with Crippen LogP contribution in [-0.4, -0.2) is 72.4 Å². The van der Waals surface area contributed by atoms with Crippen molar-refractivity contribution in [2.75, 3.05) is 43.8 Å². The quantitative estimate of drug-likeness (QED) is 0.0795. The lowest BCUT2D eigenvalue weighted by Gasteiger charge is -2.38. The van der Waals surface area contributed by atoms with Gasteiger partial charge in [0.15, 0.2) is 5.79 Å². The van der Waals surface area contributed by atoms with E-state index in [1.54, 1.807) is 43.1 Å². The van der Waals surface area contributed by atoms with Crippen LogP contribution in [0, 0.1) is 11.8 Å². The molecule has 8 nitrogen and oxygen atoms in total. The van der Waals surface area contributed by atoms with Gasteiger partial charge in [-0.25, -0.2) is 4.39 Å². The van der Waals surface area contributed by atoms with Gasteiger partial charge in [0, 0.05) is 28.8 Å². The van der Waals surface area contributed by atoms with Crippen molar-refractivity contribution in [3.8, 4) is 17.6 Å². The van der Waals surface area contributed by atoms with Crippen molar-refractivity contribution < 1.29 is 42.3 Å². The van der Waals surface area contributed by atoms with E-state index in [9.17, 15) is 13.2 Å². The van der Waals surface area contributed by atoms with E-state index in [2.05, 4.69) is 22.5 Å².